The number of hydrogen-bond donors (Lipinski definition) is 0. The largest absolute Gasteiger partial charge is 0.497 e. The first-order valence-electron chi connectivity index (χ1n) is 5.22. The van der Waals surface area contributed by atoms with Crippen molar-refractivity contribution in [3.63, 3.8) is 0 Å². The lowest BCUT2D eigenvalue weighted by Gasteiger charge is -2.09. The SMILES string of the molecule is COc1ccc(-c2cc(C)cc(I)c2I)cc1. The first-order chi connectivity index (χ1) is 8.11. The van der Waals surface area contributed by atoms with Gasteiger partial charge in [-0.15, -0.1) is 0 Å². The normalized spacial score (nSPS) is 10.4. The van der Waals surface area contributed by atoms with Crippen LogP contribution in [0.3, 0.4) is 0 Å². The van der Waals surface area contributed by atoms with Gasteiger partial charge in [0.2, 0.25) is 0 Å². The van der Waals surface area contributed by atoms with Gasteiger partial charge in [-0.1, -0.05) is 18.2 Å². The predicted octanol–water partition coefficient (Wildman–Crippen LogP) is 4.88. The molecule has 0 atom stereocenters. The molecule has 0 saturated carbocycles. The van der Waals surface area contributed by atoms with Crippen molar-refractivity contribution in [3.8, 4) is 16.9 Å². The van der Waals surface area contributed by atoms with Crippen LogP contribution in [0.4, 0.5) is 0 Å². The third-order valence-corrected chi connectivity index (χ3v) is 5.62. The second-order valence-corrected chi connectivity index (χ2v) is 6.08. The van der Waals surface area contributed by atoms with Crippen LogP contribution in [0, 0.1) is 14.1 Å². The Morgan fingerprint density at radius 1 is 1.00 bits per heavy atom. The zero-order valence-electron chi connectivity index (χ0n) is 9.63. The number of ether oxygens (including phenoxy) is 1. The zero-order valence-corrected chi connectivity index (χ0v) is 13.9. The summed E-state index contributed by atoms with van der Waals surface area (Å²) in [6.45, 7) is 2.13. The van der Waals surface area contributed by atoms with E-state index in [1.807, 2.05) is 12.1 Å². The van der Waals surface area contributed by atoms with Crippen LogP contribution >= 0.6 is 45.2 Å². The fourth-order valence-corrected chi connectivity index (χ4v) is 3.11. The van der Waals surface area contributed by atoms with Crippen molar-refractivity contribution in [1.82, 2.24) is 0 Å². The van der Waals surface area contributed by atoms with Crippen LogP contribution < -0.4 is 4.74 Å². The number of benzene rings is 2. The molecule has 0 aromatic heterocycles. The summed E-state index contributed by atoms with van der Waals surface area (Å²) in [5, 5.41) is 0. The molecule has 2 aromatic rings. The summed E-state index contributed by atoms with van der Waals surface area (Å²) < 4.78 is 7.78. The molecule has 1 nitrogen and oxygen atoms in total. The number of hydrogen-bond acceptors (Lipinski definition) is 1. The van der Waals surface area contributed by atoms with Crippen LogP contribution in [0.1, 0.15) is 5.56 Å². The van der Waals surface area contributed by atoms with Gasteiger partial charge < -0.3 is 4.74 Å². The summed E-state index contributed by atoms with van der Waals surface area (Å²) in [4.78, 5) is 0. The Morgan fingerprint density at radius 3 is 2.24 bits per heavy atom. The molecular weight excluding hydrogens is 438 g/mol. The lowest BCUT2D eigenvalue weighted by molar-refractivity contribution is 0.415. The number of rotatable bonds is 2. The van der Waals surface area contributed by atoms with E-state index in [-0.39, 0.29) is 0 Å². The minimum atomic E-state index is 0.895. The molecule has 0 aliphatic heterocycles. The Kier molecular flexibility index (Phi) is 4.30. The third-order valence-electron chi connectivity index (χ3n) is 2.57. The maximum Gasteiger partial charge on any atom is 0.118 e. The highest BCUT2D eigenvalue weighted by Gasteiger charge is 2.07. The molecule has 2 rings (SSSR count). The monoisotopic (exact) mass is 450 g/mol. The van der Waals surface area contributed by atoms with Gasteiger partial charge in [0.1, 0.15) is 5.75 Å². The van der Waals surface area contributed by atoms with E-state index < -0.39 is 0 Å². The predicted molar refractivity (Wildman–Crippen MR) is 88.6 cm³/mol. The fourth-order valence-electron chi connectivity index (χ4n) is 1.71. The van der Waals surface area contributed by atoms with E-state index in [4.69, 9.17) is 4.74 Å². The summed E-state index contributed by atoms with van der Waals surface area (Å²) in [6, 6.07) is 12.6. The Labute approximate surface area is 129 Å². The average Bonchev–Trinajstić information content (AvgIpc) is 2.34. The molecule has 0 aliphatic rings. The molecule has 0 bridgehead atoms. The summed E-state index contributed by atoms with van der Waals surface area (Å²) >= 11 is 4.79. The first-order valence-corrected chi connectivity index (χ1v) is 7.37. The van der Waals surface area contributed by atoms with Crippen LogP contribution in [0.15, 0.2) is 36.4 Å². The van der Waals surface area contributed by atoms with Crippen LogP contribution in [0.2, 0.25) is 0 Å². The van der Waals surface area contributed by atoms with E-state index >= 15 is 0 Å². The smallest absolute Gasteiger partial charge is 0.118 e. The summed E-state index contributed by atoms with van der Waals surface area (Å²) in [7, 11) is 1.69. The minimum absolute atomic E-state index is 0.895. The van der Waals surface area contributed by atoms with Crippen molar-refractivity contribution in [3.05, 3.63) is 49.1 Å². The molecule has 2 aromatic carbocycles. The van der Waals surface area contributed by atoms with Crippen molar-refractivity contribution in [2.75, 3.05) is 7.11 Å². The quantitative estimate of drug-likeness (QED) is 0.594. The maximum atomic E-state index is 5.18. The van der Waals surface area contributed by atoms with Gasteiger partial charge in [-0.25, -0.2) is 0 Å². The molecule has 88 valence electrons. The number of methoxy groups -OCH3 is 1. The molecule has 0 fully saturated rings. The Morgan fingerprint density at radius 2 is 1.65 bits per heavy atom. The van der Waals surface area contributed by atoms with Crippen molar-refractivity contribution < 1.29 is 4.74 Å². The van der Waals surface area contributed by atoms with Crippen LogP contribution in [-0.2, 0) is 0 Å². The molecule has 0 amide bonds. The lowest BCUT2D eigenvalue weighted by atomic mass is 10.0. The third kappa shape index (κ3) is 2.93. The summed E-state index contributed by atoms with van der Waals surface area (Å²) in [5.74, 6) is 0.895. The van der Waals surface area contributed by atoms with Crippen molar-refractivity contribution in [1.29, 1.82) is 0 Å². The second kappa shape index (κ2) is 5.56. The Balaban J connectivity index is 2.52. The van der Waals surface area contributed by atoms with E-state index in [9.17, 15) is 0 Å². The highest BCUT2D eigenvalue weighted by Crippen LogP contribution is 2.31. The molecule has 0 saturated heterocycles. The molecule has 0 heterocycles. The summed E-state index contributed by atoms with van der Waals surface area (Å²) in [6.07, 6.45) is 0. The molecular formula is C14H12I2O. The van der Waals surface area contributed by atoms with Gasteiger partial charge >= 0.3 is 0 Å². The van der Waals surface area contributed by atoms with E-state index in [2.05, 4.69) is 76.4 Å². The molecule has 17 heavy (non-hydrogen) atoms. The molecule has 0 unspecified atom stereocenters. The second-order valence-electron chi connectivity index (χ2n) is 3.84. The Bertz CT molecular complexity index is 533. The zero-order chi connectivity index (χ0) is 12.4. The lowest BCUT2D eigenvalue weighted by Crippen LogP contribution is -1.89. The fraction of sp³-hybridized carbons (Fsp3) is 0.143. The number of aryl methyl sites for hydroxylation is 1. The van der Waals surface area contributed by atoms with Gasteiger partial charge in [0.15, 0.2) is 0 Å². The summed E-state index contributed by atoms with van der Waals surface area (Å²) in [5.41, 5.74) is 3.81. The average molecular weight is 450 g/mol. The maximum absolute atomic E-state index is 5.18. The van der Waals surface area contributed by atoms with Crippen molar-refractivity contribution in [2.24, 2.45) is 0 Å². The van der Waals surface area contributed by atoms with Gasteiger partial charge in [0, 0.05) is 7.14 Å². The van der Waals surface area contributed by atoms with E-state index in [0.29, 0.717) is 0 Å². The molecule has 0 spiro atoms. The molecule has 0 N–H and O–H groups in total. The highest BCUT2D eigenvalue weighted by molar-refractivity contribution is 14.1. The van der Waals surface area contributed by atoms with Crippen LogP contribution in [0.25, 0.3) is 11.1 Å². The van der Waals surface area contributed by atoms with Gasteiger partial charge in [-0.3, -0.25) is 0 Å². The van der Waals surface area contributed by atoms with Crippen molar-refractivity contribution >= 4 is 45.2 Å². The topological polar surface area (TPSA) is 9.23 Å². The van der Waals surface area contributed by atoms with Gasteiger partial charge in [-0.05, 0) is 87.0 Å². The van der Waals surface area contributed by atoms with Gasteiger partial charge in [0.25, 0.3) is 0 Å². The molecule has 0 radical (unpaired) electrons. The number of halogens is 2. The first kappa shape index (κ1) is 13.1. The van der Waals surface area contributed by atoms with Gasteiger partial charge in [-0.2, -0.15) is 0 Å². The standard InChI is InChI=1S/C14H12I2O/c1-9-7-12(14(16)13(15)8-9)10-3-5-11(17-2)6-4-10/h3-8H,1-2H3. The van der Waals surface area contributed by atoms with E-state index in [1.54, 1.807) is 7.11 Å². The van der Waals surface area contributed by atoms with Gasteiger partial charge in [0.05, 0.1) is 7.11 Å². The van der Waals surface area contributed by atoms with Crippen molar-refractivity contribution in [2.45, 2.75) is 6.92 Å². The van der Waals surface area contributed by atoms with Crippen LogP contribution in [0.5, 0.6) is 5.75 Å². The Hall–Kier alpha value is -0.300. The van der Waals surface area contributed by atoms with E-state index in [0.717, 1.165) is 5.75 Å². The molecule has 3 heteroatoms. The minimum Gasteiger partial charge on any atom is -0.497 e. The van der Waals surface area contributed by atoms with Crippen LogP contribution in [-0.4, -0.2) is 7.11 Å². The van der Waals surface area contributed by atoms with E-state index in [1.165, 1.54) is 23.8 Å². The molecule has 0 aliphatic carbocycles. The highest BCUT2D eigenvalue weighted by atomic mass is 127.